The van der Waals surface area contributed by atoms with Crippen molar-refractivity contribution < 1.29 is 19.2 Å². The first-order valence-corrected chi connectivity index (χ1v) is 13.9. The van der Waals surface area contributed by atoms with Crippen molar-refractivity contribution in [2.45, 2.75) is 44.2 Å². The van der Waals surface area contributed by atoms with E-state index in [2.05, 4.69) is 15.6 Å². The molecule has 2 aliphatic rings. The predicted octanol–water partition coefficient (Wildman–Crippen LogP) is 4.06. The molecule has 2 aliphatic heterocycles. The van der Waals surface area contributed by atoms with Gasteiger partial charge in [0, 0.05) is 29.9 Å². The molecule has 1 fully saturated rings. The van der Waals surface area contributed by atoms with Crippen LogP contribution in [0.2, 0.25) is 0 Å². The van der Waals surface area contributed by atoms with Crippen LogP contribution in [0.3, 0.4) is 0 Å². The summed E-state index contributed by atoms with van der Waals surface area (Å²) in [6.07, 6.45) is 5.17. The SMILES string of the molecule is CC(C)C[C@H](NC(=O)/C=C/c1ccccc1)C(=O)N1C[C@]2(CC1C(=O)c1nccs1)C(=O)Nc1ccccc12. The molecule has 1 spiro atoms. The molecule has 2 aromatic carbocycles. The molecule has 0 bridgehead atoms. The van der Waals surface area contributed by atoms with Crippen molar-refractivity contribution in [2.24, 2.45) is 5.92 Å². The number of ketones is 1. The summed E-state index contributed by atoms with van der Waals surface area (Å²) in [7, 11) is 0. The lowest BCUT2D eigenvalue weighted by atomic mass is 9.79. The standard InChI is InChI=1S/C30H30N4O4S/c1-19(2)16-23(32-25(35)13-12-20-8-4-3-5-9-20)28(37)34-18-30(17-24(34)26(36)27-31-14-15-39-27)21-10-6-7-11-22(21)33-29(30)38/h3-15,19,23-24H,16-18H2,1-2H3,(H,32,35)(H,33,38)/b13-12+/t23-,24?,30-/m0/s1. The van der Waals surface area contributed by atoms with Crippen LogP contribution in [0.4, 0.5) is 5.69 Å². The van der Waals surface area contributed by atoms with E-state index in [1.54, 1.807) is 17.7 Å². The van der Waals surface area contributed by atoms with Crippen molar-refractivity contribution in [3.8, 4) is 0 Å². The highest BCUT2D eigenvalue weighted by atomic mass is 32.1. The molecule has 1 unspecified atom stereocenters. The minimum atomic E-state index is -1.05. The van der Waals surface area contributed by atoms with E-state index in [-0.39, 0.29) is 41.5 Å². The first-order valence-electron chi connectivity index (χ1n) is 13.0. The second-order valence-corrected chi connectivity index (χ2v) is 11.3. The first kappa shape index (κ1) is 26.5. The third kappa shape index (κ3) is 5.27. The Kier molecular flexibility index (Phi) is 7.43. The van der Waals surface area contributed by atoms with Gasteiger partial charge in [-0.3, -0.25) is 19.2 Å². The molecule has 9 heteroatoms. The number of carbonyl (C=O) groups excluding carboxylic acids is 4. The smallest absolute Gasteiger partial charge is 0.245 e. The number of benzene rings is 2. The van der Waals surface area contributed by atoms with Crippen molar-refractivity contribution in [2.75, 3.05) is 11.9 Å². The van der Waals surface area contributed by atoms with Gasteiger partial charge in [-0.05, 0) is 42.0 Å². The molecule has 3 heterocycles. The van der Waals surface area contributed by atoms with E-state index in [1.165, 1.54) is 22.3 Å². The van der Waals surface area contributed by atoms with Gasteiger partial charge in [-0.2, -0.15) is 0 Å². The summed E-state index contributed by atoms with van der Waals surface area (Å²) in [5.41, 5.74) is 1.28. The molecule has 0 radical (unpaired) electrons. The van der Waals surface area contributed by atoms with Gasteiger partial charge in [0.05, 0.1) is 11.5 Å². The quantitative estimate of drug-likeness (QED) is 0.330. The monoisotopic (exact) mass is 542 g/mol. The average molecular weight is 543 g/mol. The molecule has 1 aromatic heterocycles. The second kappa shape index (κ2) is 10.9. The van der Waals surface area contributed by atoms with Crippen molar-refractivity contribution in [1.29, 1.82) is 0 Å². The van der Waals surface area contributed by atoms with Crippen molar-refractivity contribution >= 4 is 46.6 Å². The van der Waals surface area contributed by atoms with Gasteiger partial charge in [-0.15, -0.1) is 11.3 Å². The van der Waals surface area contributed by atoms with Gasteiger partial charge < -0.3 is 15.5 Å². The van der Waals surface area contributed by atoms with Crippen LogP contribution >= 0.6 is 11.3 Å². The Morgan fingerprint density at radius 2 is 1.90 bits per heavy atom. The van der Waals surface area contributed by atoms with Gasteiger partial charge in [0.25, 0.3) is 0 Å². The molecule has 3 aromatic rings. The summed E-state index contributed by atoms with van der Waals surface area (Å²) in [4.78, 5) is 59.7. The number of aromatic nitrogens is 1. The lowest BCUT2D eigenvalue weighted by molar-refractivity contribution is -0.136. The number of nitrogens with zero attached hydrogens (tertiary/aromatic N) is 2. The van der Waals surface area contributed by atoms with Crippen LogP contribution in [-0.4, -0.2) is 52.0 Å². The highest BCUT2D eigenvalue weighted by Crippen LogP contribution is 2.47. The van der Waals surface area contributed by atoms with E-state index in [0.717, 1.165) is 11.1 Å². The second-order valence-electron chi connectivity index (χ2n) is 10.4. The zero-order chi connectivity index (χ0) is 27.6. The molecule has 0 saturated carbocycles. The number of hydrogen-bond acceptors (Lipinski definition) is 6. The Balaban J connectivity index is 1.45. The number of para-hydroxylation sites is 1. The zero-order valence-corrected chi connectivity index (χ0v) is 22.6. The van der Waals surface area contributed by atoms with Crippen molar-refractivity contribution in [3.05, 3.63) is 88.4 Å². The maximum absolute atomic E-state index is 14.1. The summed E-state index contributed by atoms with van der Waals surface area (Å²) in [6, 6.07) is 15.0. The van der Waals surface area contributed by atoms with Crippen LogP contribution in [0.15, 0.2) is 72.3 Å². The molecule has 200 valence electrons. The molecular weight excluding hydrogens is 512 g/mol. The van der Waals surface area contributed by atoms with Crippen molar-refractivity contribution in [1.82, 2.24) is 15.2 Å². The number of anilines is 1. The van der Waals surface area contributed by atoms with Crippen LogP contribution in [-0.2, 0) is 19.8 Å². The van der Waals surface area contributed by atoms with Gasteiger partial charge in [0.2, 0.25) is 23.5 Å². The summed E-state index contributed by atoms with van der Waals surface area (Å²) >= 11 is 1.21. The normalized spacial score (nSPS) is 20.8. The van der Waals surface area contributed by atoms with E-state index in [0.29, 0.717) is 12.1 Å². The molecule has 5 rings (SSSR count). The number of likely N-dealkylation sites (tertiary alicyclic amines) is 1. The molecule has 2 N–H and O–H groups in total. The molecule has 39 heavy (non-hydrogen) atoms. The fourth-order valence-electron chi connectivity index (χ4n) is 5.44. The van der Waals surface area contributed by atoms with E-state index in [9.17, 15) is 19.2 Å². The van der Waals surface area contributed by atoms with Gasteiger partial charge in [-0.1, -0.05) is 62.4 Å². The first-order chi connectivity index (χ1) is 18.8. The number of thiazole rings is 1. The van der Waals surface area contributed by atoms with Gasteiger partial charge in [-0.25, -0.2) is 4.98 Å². The molecule has 0 aliphatic carbocycles. The minimum absolute atomic E-state index is 0.0424. The third-order valence-electron chi connectivity index (χ3n) is 7.26. The Bertz CT molecular complexity index is 1420. The Hall–Kier alpha value is -4.11. The van der Waals surface area contributed by atoms with Crippen LogP contribution in [0, 0.1) is 5.92 Å². The van der Waals surface area contributed by atoms with Gasteiger partial charge in [0.15, 0.2) is 5.01 Å². The van der Waals surface area contributed by atoms with E-state index in [1.807, 2.05) is 68.4 Å². The lowest BCUT2D eigenvalue weighted by Gasteiger charge is -2.29. The summed E-state index contributed by atoms with van der Waals surface area (Å²) in [5.74, 6) is -1.22. The van der Waals surface area contributed by atoms with Crippen LogP contribution in [0.1, 0.15) is 47.6 Å². The zero-order valence-electron chi connectivity index (χ0n) is 21.8. The highest BCUT2D eigenvalue weighted by molar-refractivity contribution is 7.11. The maximum Gasteiger partial charge on any atom is 0.245 e. The number of nitrogens with one attached hydrogen (secondary N) is 2. The third-order valence-corrected chi connectivity index (χ3v) is 8.05. The van der Waals surface area contributed by atoms with E-state index < -0.39 is 23.4 Å². The van der Waals surface area contributed by atoms with Crippen molar-refractivity contribution in [3.63, 3.8) is 0 Å². The fraction of sp³-hybridized carbons (Fsp3) is 0.300. The van der Waals surface area contributed by atoms with Crippen LogP contribution < -0.4 is 10.6 Å². The highest BCUT2D eigenvalue weighted by Gasteiger charge is 2.58. The van der Waals surface area contributed by atoms with E-state index in [4.69, 9.17) is 0 Å². The molecule has 8 nitrogen and oxygen atoms in total. The Labute approximate surface area is 231 Å². The number of amides is 3. The van der Waals surface area contributed by atoms with Crippen LogP contribution in [0.5, 0.6) is 0 Å². The summed E-state index contributed by atoms with van der Waals surface area (Å²) < 4.78 is 0. The fourth-order valence-corrected chi connectivity index (χ4v) is 6.07. The number of fused-ring (bicyclic) bond motifs is 2. The predicted molar refractivity (Wildman–Crippen MR) is 150 cm³/mol. The molecule has 3 atom stereocenters. The Morgan fingerprint density at radius 1 is 1.15 bits per heavy atom. The number of rotatable bonds is 8. The number of carbonyl (C=O) groups is 4. The molecule has 1 saturated heterocycles. The lowest BCUT2D eigenvalue weighted by Crippen LogP contribution is -2.52. The average Bonchev–Trinajstić information content (AvgIpc) is 3.66. The summed E-state index contributed by atoms with van der Waals surface area (Å²) in [6.45, 7) is 3.98. The summed E-state index contributed by atoms with van der Waals surface area (Å²) in [5, 5.41) is 7.79. The Morgan fingerprint density at radius 3 is 2.62 bits per heavy atom. The van der Waals surface area contributed by atoms with Gasteiger partial charge >= 0.3 is 0 Å². The number of hydrogen-bond donors (Lipinski definition) is 2. The topological polar surface area (TPSA) is 108 Å². The maximum atomic E-state index is 14.1. The molecular formula is C30H30N4O4S. The largest absolute Gasteiger partial charge is 0.341 e. The number of Topliss-reactive ketones (excluding diaryl/α,β-unsaturated/α-hetero) is 1. The van der Waals surface area contributed by atoms with E-state index >= 15 is 0 Å². The van der Waals surface area contributed by atoms with Gasteiger partial charge in [0.1, 0.15) is 6.04 Å². The van der Waals surface area contributed by atoms with Crippen LogP contribution in [0.25, 0.3) is 6.08 Å². The molecule has 3 amide bonds. The minimum Gasteiger partial charge on any atom is -0.341 e.